The molecule has 1 aliphatic rings. The summed E-state index contributed by atoms with van der Waals surface area (Å²) in [4.78, 5) is 11.4. The van der Waals surface area contributed by atoms with Crippen molar-refractivity contribution in [2.24, 2.45) is 5.73 Å². The Labute approximate surface area is 127 Å². The van der Waals surface area contributed by atoms with Crippen molar-refractivity contribution in [1.82, 2.24) is 5.32 Å². The van der Waals surface area contributed by atoms with E-state index in [1.54, 1.807) is 7.05 Å². The van der Waals surface area contributed by atoms with Gasteiger partial charge in [-0.1, -0.05) is 6.07 Å². The number of hydrogen-bond acceptors (Lipinski definition) is 3. The van der Waals surface area contributed by atoms with Crippen molar-refractivity contribution in [3.05, 3.63) is 29.3 Å². The molecule has 116 valence electrons. The maximum Gasteiger partial charge on any atom is 0.237 e. The highest BCUT2D eigenvalue weighted by Crippen LogP contribution is 2.26. The molecule has 0 spiro atoms. The van der Waals surface area contributed by atoms with Crippen LogP contribution in [0.4, 0.5) is 0 Å². The van der Waals surface area contributed by atoms with Crippen LogP contribution in [0.2, 0.25) is 0 Å². The van der Waals surface area contributed by atoms with E-state index in [1.807, 2.05) is 6.92 Å². The van der Waals surface area contributed by atoms with Gasteiger partial charge < -0.3 is 15.8 Å². The summed E-state index contributed by atoms with van der Waals surface area (Å²) < 4.78 is 5.80. The highest BCUT2D eigenvalue weighted by Gasteiger charge is 2.27. The topological polar surface area (TPSA) is 64.3 Å². The number of nitrogens with two attached hydrogens (primary N) is 1. The Morgan fingerprint density at radius 1 is 1.33 bits per heavy atom. The second-order valence-electron chi connectivity index (χ2n) is 6.04. The number of aryl methyl sites for hydroxylation is 2. The molecule has 0 saturated carbocycles. The lowest BCUT2D eigenvalue weighted by Crippen LogP contribution is -2.51. The van der Waals surface area contributed by atoms with E-state index in [9.17, 15) is 4.79 Å². The molecule has 0 bridgehead atoms. The Balaban J connectivity index is 1.72. The summed E-state index contributed by atoms with van der Waals surface area (Å²) in [7, 11) is 1.77. The first-order chi connectivity index (χ1) is 10.0. The SMILES string of the molecule is CNC(C)(CCCCOc1ccc2c(c1)CCC2)C(N)=O. The van der Waals surface area contributed by atoms with Crippen LogP contribution in [-0.2, 0) is 17.6 Å². The Hall–Kier alpha value is -1.55. The number of amides is 1. The maximum atomic E-state index is 11.4. The summed E-state index contributed by atoms with van der Waals surface area (Å²) in [5.74, 6) is 0.659. The van der Waals surface area contributed by atoms with E-state index in [0.717, 1.165) is 25.0 Å². The Morgan fingerprint density at radius 2 is 2.10 bits per heavy atom. The second-order valence-corrected chi connectivity index (χ2v) is 6.04. The van der Waals surface area contributed by atoms with Gasteiger partial charge in [0, 0.05) is 0 Å². The number of rotatable bonds is 8. The first-order valence-electron chi connectivity index (χ1n) is 7.78. The van der Waals surface area contributed by atoms with Gasteiger partial charge in [-0.3, -0.25) is 4.79 Å². The fraction of sp³-hybridized carbons (Fsp3) is 0.588. The van der Waals surface area contributed by atoms with Gasteiger partial charge >= 0.3 is 0 Å². The average Bonchev–Trinajstić information content (AvgIpc) is 2.94. The van der Waals surface area contributed by atoms with E-state index in [-0.39, 0.29) is 5.91 Å². The molecule has 0 radical (unpaired) electrons. The Bertz CT molecular complexity index is 502. The predicted molar refractivity (Wildman–Crippen MR) is 84.5 cm³/mol. The molecular formula is C17H26N2O2. The van der Waals surface area contributed by atoms with E-state index >= 15 is 0 Å². The predicted octanol–water partition coefficient (Wildman–Crippen LogP) is 2.19. The van der Waals surface area contributed by atoms with E-state index in [2.05, 4.69) is 23.5 Å². The van der Waals surface area contributed by atoms with Crippen molar-refractivity contribution in [2.75, 3.05) is 13.7 Å². The number of fused-ring (bicyclic) bond motifs is 1. The van der Waals surface area contributed by atoms with Crippen LogP contribution in [0, 0.1) is 0 Å². The zero-order valence-electron chi connectivity index (χ0n) is 13.1. The summed E-state index contributed by atoms with van der Waals surface area (Å²) in [5.41, 5.74) is 7.69. The zero-order valence-corrected chi connectivity index (χ0v) is 13.1. The molecule has 1 atom stereocenters. The molecule has 0 saturated heterocycles. The van der Waals surface area contributed by atoms with Gasteiger partial charge in [0.25, 0.3) is 0 Å². The van der Waals surface area contributed by atoms with Gasteiger partial charge in [-0.15, -0.1) is 0 Å². The van der Waals surface area contributed by atoms with E-state index in [4.69, 9.17) is 10.5 Å². The summed E-state index contributed by atoms with van der Waals surface area (Å²) in [6.07, 6.45) is 6.19. The smallest absolute Gasteiger partial charge is 0.237 e. The van der Waals surface area contributed by atoms with Gasteiger partial charge in [-0.25, -0.2) is 0 Å². The second kappa shape index (κ2) is 6.94. The molecule has 3 N–H and O–H groups in total. The monoisotopic (exact) mass is 290 g/mol. The summed E-state index contributed by atoms with van der Waals surface area (Å²) >= 11 is 0. The fourth-order valence-corrected chi connectivity index (χ4v) is 2.78. The molecule has 0 aliphatic heterocycles. The number of primary amides is 1. The van der Waals surface area contributed by atoms with Crippen LogP contribution in [-0.4, -0.2) is 25.1 Å². The number of nitrogens with one attached hydrogen (secondary N) is 1. The molecule has 2 rings (SSSR count). The van der Waals surface area contributed by atoms with Crippen molar-refractivity contribution < 1.29 is 9.53 Å². The van der Waals surface area contributed by atoms with Crippen molar-refractivity contribution in [3.8, 4) is 5.75 Å². The molecule has 21 heavy (non-hydrogen) atoms. The lowest BCUT2D eigenvalue weighted by atomic mass is 9.94. The average molecular weight is 290 g/mol. The largest absolute Gasteiger partial charge is 0.494 e. The van der Waals surface area contributed by atoms with Gasteiger partial charge in [0.2, 0.25) is 5.91 Å². The molecule has 1 aromatic carbocycles. The van der Waals surface area contributed by atoms with E-state index in [0.29, 0.717) is 6.61 Å². The number of benzene rings is 1. The Kier molecular flexibility index (Phi) is 5.23. The minimum Gasteiger partial charge on any atom is -0.494 e. The molecule has 4 nitrogen and oxygen atoms in total. The lowest BCUT2D eigenvalue weighted by Gasteiger charge is -2.25. The van der Waals surface area contributed by atoms with Crippen LogP contribution < -0.4 is 15.8 Å². The molecule has 1 unspecified atom stereocenters. The number of carbonyl (C=O) groups is 1. The van der Waals surface area contributed by atoms with Crippen molar-refractivity contribution >= 4 is 5.91 Å². The Morgan fingerprint density at radius 3 is 2.81 bits per heavy atom. The van der Waals surface area contributed by atoms with Gasteiger partial charge in [0.05, 0.1) is 12.1 Å². The highest BCUT2D eigenvalue weighted by molar-refractivity contribution is 5.84. The number of hydrogen-bond donors (Lipinski definition) is 2. The van der Waals surface area contributed by atoms with Crippen LogP contribution in [0.1, 0.15) is 43.7 Å². The van der Waals surface area contributed by atoms with Crippen LogP contribution in [0.15, 0.2) is 18.2 Å². The van der Waals surface area contributed by atoms with Crippen LogP contribution in [0.25, 0.3) is 0 Å². The number of unbranched alkanes of at least 4 members (excludes halogenated alkanes) is 1. The molecule has 1 aromatic rings. The van der Waals surface area contributed by atoms with Gasteiger partial charge in [-0.2, -0.15) is 0 Å². The molecule has 1 amide bonds. The molecule has 0 aromatic heterocycles. The van der Waals surface area contributed by atoms with Crippen molar-refractivity contribution in [2.45, 2.75) is 51.0 Å². The minimum absolute atomic E-state index is 0.301. The van der Waals surface area contributed by atoms with Crippen molar-refractivity contribution in [1.29, 1.82) is 0 Å². The molecule has 0 heterocycles. The van der Waals surface area contributed by atoms with Gasteiger partial charge in [0.1, 0.15) is 5.75 Å². The standard InChI is InChI=1S/C17H26N2O2/c1-17(19-2,16(18)20)10-3-4-11-21-15-9-8-13-6-5-7-14(13)12-15/h8-9,12,19H,3-7,10-11H2,1-2H3,(H2,18,20). The quantitative estimate of drug-likeness (QED) is 0.721. The first kappa shape index (κ1) is 15.8. The normalized spacial score (nSPS) is 16.3. The minimum atomic E-state index is -0.617. The van der Waals surface area contributed by atoms with Crippen LogP contribution in [0.5, 0.6) is 5.75 Å². The van der Waals surface area contributed by atoms with Crippen LogP contribution in [0.3, 0.4) is 0 Å². The summed E-state index contributed by atoms with van der Waals surface area (Å²) in [5, 5.41) is 3.00. The van der Waals surface area contributed by atoms with Gasteiger partial charge in [-0.05, 0) is 75.8 Å². The molecule has 0 fully saturated rings. The number of likely N-dealkylation sites (N-methyl/N-ethyl adjacent to an activating group) is 1. The van der Waals surface area contributed by atoms with Crippen molar-refractivity contribution in [3.63, 3.8) is 0 Å². The highest BCUT2D eigenvalue weighted by atomic mass is 16.5. The van der Waals surface area contributed by atoms with E-state index in [1.165, 1.54) is 30.4 Å². The third-order valence-electron chi connectivity index (χ3n) is 4.51. The maximum absolute atomic E-state index is 11.4. The number of carbonyl (C=O) groups excluding carboxylic acids is 1. The summed E-state index contributed by atoms with van der Waals surface area (Å²) in [6, 6.07) is 6.41. The lowest BCUT2D eigenvalue weighted by molar-refractivity contribution is -0.123. The van der Waals surface area contributed by atoms with Crippen LogP contribution >= 0.6 is 0 Å². The first-order valence-corrected chi connectivity index (χ1v) is 7.78. The van der Waals surface area contributed by atoms with E-state index < -0.39 is 5.54 Å². The summed E-state index contributed by atoms with van der Waals surface area (Å²) in [6.45, 7) is 2.52. The molecular weight excluding hydrogens is 264 g/mol. The zero-order chi connectivity index (χ0) is 15.3. The third-order valence-corrected chi connectivity index (χ3v) is 4.51. The van der Waals surface area contributed by atoms with Gasteiger partial charge in [0.15, 0.2) is 0 Å². The fourth-order valence-electron chi connectivity index (χ4n) is 2.78. The molecule has 4 heteroatoms. The molecule has 1 aliphatic carbocycles. The number of ether oxygens (including phenoxy) is 1. The third kappa shape index (κ3) is 3.97.